The summed E-state index contributed by atoms with van der Waals surface area (Å²) in [6, 6.07) is 2.50. The molecule has 1 aromatic heterocycles. The average Bonchev–Trinajstić information content (AvgIpc) is 1.86. The maximum atomic E-state index is 10.4. The van der Waals surface area contributed by atoms with E-state index in [2.05, 4.69) is 4.98 Å². The Hall–Kier alpha value is -1.14. The quantitative estimate of drug-likeness (QED) is 0.580. The van der Waals surface area contributed by atoms with E-state index in [4.69, 9.17) is 10.3 Å². The molecule has 0 aromatic carbocycles. The van der Waals surface area contributed by atoms with Crippen molar-refractivity contribution >= 4 is 15.8 Å². The largest absolute Gasteiger partial charge is 0.399 e. The second kappa shape index (κ2) is 2.48. The van der Waals surface area contributed by atoms with E-state index in [9.17, 15) is 8.42 Å². The van der Waals surface area contributed by atoms with Crippen LogP contribution in [0.25, 0.3) is 0 Å². The highest BCUT2D eigenvalue weighted by atomic mass is 32.2. The molecule has 5 nitrogen and oxygen atoms in total. The van der Waals surface area contributed by atoms with Crippen LogP contribution in [0.3, 0.4) is 0 Å². The summed E-state index contributed by atoms with van der Waals surface area (Å²) in [7, 11) is -4.22. The number of hydrogen-bond donors (Lipinski definition) is 2. The maximum absolute atomic E-state index is 10.4. The summed E-state index contributed by atoms with van der Waals surface area (Å²) >= 11 is 0. The molecule has 60 valence electrons. The van der Waals surface area contributed by atoms with Gasteiger partial charge in [-0.25, -0.2) is 4.98 Å². The highest BCUT2D eigenvalue weighted by molar-refractivity contribution is 7.85. The van der Waals surface area contributed by atoms with Gasteiger partial charge < -0.3 is 5.73 Å². The Balaban J connectivity index is 3.28. The predicted octanol–water partition coefficient (Wildman–Crippen LogP) is -0.0895. The second-order valence-electron chi connectivity index (χ2n) is 1.90. The molecule has 0 radical (unpaired) electrons. The zero-order valence-electron chi connectivity index (χ0n) is 5.43. The van der Waals surface area contributed by atoms with Crippen LogP contribution < -0.4 is 5.73 Å². The zero-order valence-corrected chi connectivity index (χ0v) is 6.25. The molecule has 0 amide bonds. The molecular weight excluding hydrogens is 168 g/mol. The number of hydrogen-bond acceptors (Lipinski definition) is 4. The van der Waals surface area contributed by atoms with Gasteiger partial charge in [-0.15, -0.1) is 0 Å². The molecule has 3 N–H and O–H groups in total. The van der Waals surface area contributed by atoms with E-state index in [1.807, 2.05) is 0 Å². The van der Waals surface area contributed by atoms with E-state index in [1.54, 1.807) is 0 Å². The lowest BCUT2D eigenvalue weighted by molar-refractivity contribution is 0.479. The standard InChI is InChI=1S/C5H6N2O3S/c6-4-1-2-7-5(3-4)11(8,9)10/h1-3H,(H2,6,7)(H,8,9,10). The van der Waals surface area contributed by atoms with E-state index in [1.165, 1.54) is 12.3 Å². The molecule has 1 heterocycles. The molecule has 0 atom stereocenters. The lowest BCUT2D eigenvalue weighted by Gasteiger charge is -1.95. The minimum Gasteiger partial charge on any atom is -0.399 e. The number of nitrogen functional groups attached to an aromatic ring is 1. The van der Waals surface area contributed by atoms with Gasteiger partial charge in [-0.2, -0.15) is 8.42 Å². The lowest BCUT2D eigenvalue weighted by atomic mass is 10.4. The molecule has 0 aliphatic heterocycles. The third-order valence-corrected chi connectivity index (χ3v) is 1.78. The topological polar surface area (TPSA) is 93.3 Å². The van der Waals surface area contributed by atoms with Crippen LogP contribution in [0.4, 0.5) is 5.69 Å². The summed E-state index contributed by atoms with van der Waals surface area (Å²) in [4.78, 5) is 3.39. The number of rotatable bonds is 1. The maximum Gasteiger partial charge on any atom is 0.312 e. The molecule has 11 heavy (non-hydrogen) atoms. The number of anilines is 1. The fraction of sp³-hybridized carbons (Fsp3) is 0. The lowest BCUT2D eigenvalue weighted by Crippen LogP contribution is -2.01. The van der Waals surface area contributed by atoms with Crippen molar-refractivity contribution in [2.75, 3.05) is 5.73 Å². The first-order chi connectivity index (χ1) is 5.00. The van der Waals surface area contributed by atoms with Gasteiger partial charge in [-0.3, -0.25) is 4.55 Å². The van der Waals surface area contributed by atoms with E-state index < -0.39 is 15.1 Å². The number of aromatic nitrogens is 1. The zero-order chi connectivity index (χ0) is 8.48. The molecule has 0 fully saturated rings. The average molecular weight is 174 g/mol. The molecule has 6 heteroatoms. The highest BCUT2D eigenvalue weighted by Gasteiger charge is 2.09. The van der Waals surface area contributed by atoms with Gasteiger partial charge in [0.15, 0.2) is 5.03 Å². The van der Waals surface area contributed by atoms with Crippen molar-refractivity contribution < 1.29 is 13.0 Å². The first-order valence-electron chi connectivity index (χ1n) is 2.69. The second-order valence-corrected chi connectivity index (χ2v) is 3.27. The summed E-state index contributed by atoms with van der Waals surface area (Å²) in [6.45, 7) is 0. The molecule has 0 unspecified atom stereocenters. The molecule has 0 bridgehead atoms. The molecule has 0 saturated heterocycles. The van der Waals surface area contributed by atoms with Crippen LogP contribution in [0.5, 0.6) is 0 Å². The SMILES string of the molecule is Nc1ccnc(S(=O)(=O)O)c1. The molecule has 0 aliphatic rings. The van der Waals surface area contributed by atoms with Gasteiger partial charge in [0.2, 0.25) is 0 Å². The van der Waals surface area contributed by atoms with Gasteiger partial charge in [0, 0.05) is 18.0 Å². The number of nitrogens with two attached hydrogens (primary N) is 1. The minimum absolute atomic E-state index is 0.243. The van der Waals surface area contributed by atoms with Gasteiger partial charge in [0.1, 0.15) is 0 Å². The first-order valence-corrected chi connectivity index (χ1v) is 4.13. The molecule has 1 aromatic rings. The van der Waals surface area contributed by atoms with Crippen LogP contribution in [0, 0.1) is 0 Å². The van der Waals surface area contributed by atoms with Gasteiger partial charge in [0.05, 0.1) is 0 Å². The van der Waals surface area contributed by atoms with E-state index in [0.29, 0.717) is 0 Å². The molecular formula is C5H6N2O3S. The third kappa shape index (κ3) is 1.89. The summed E-state index contributed by atoms with van der Waals surface area (Å²) in [6.07, 6.45) is 1.21. The Morgan fingerprint density at radius 1 is 1.55 bits per heavy atom. The van der Waals surface area contributed by atoms with E-state index >= 15 is 0 Å². The summed E-state index contributed by atoms with van der Waals surface area (Å²) < 4.78 is 29.3. The van der Waals surface area contributed by atoms with Crippen LogP contribution in [-0.2, 0) is 10.1 Å². The van der Waals surface area contributed by atoms with Gasteiger partial charge in [0.25, 0.3) is 0 Å². The van der Waals surface area contributed by atoms with Crippen LogP contribution in [0.15, 0.2) is 23.4 Å². The Morgan fingerprint density at radius 2 is 2.18 bits per heavy atom. The van der Waals surface area contributed by atoms with Crippen molar-refractivity contribution in [1.82, 2.24) is 4.98 Å². The van der Waals surface area contributed by atoms with Crippen LogP contribution in [0.1, 0.15) is 0 Å². The van der Waals surface area contributed by atoms with Crippen LogP contribution >= 0.6 is 0 Å². The van der Waals surface area contributed by atoms with Crippen molar-refractivity contribution in [3.8, 4) is 0 Å². The van der Waals surface area contributed by atoms with Gasteiger partial charge in [-0.1, -0.05) is 0 Å². The Morgan fingerprint density at radius 3 is 2.55 bits per heavy atom. The van der Waals surface area contributed by atoms with Crippen LogP contribution in [-0.4, -0.2) is 18.0 Å². The predicted molar refractivity (Wildman–Crippen MR) is 38.5 cm³/mol. The molecule has 0 saturated carbocycles. The highest BCUT2D eigenvalue weighted by Crippen LogP contribution is 2.07. The summed E-state index contributed by atoms with van der Waals surface area (Å²) in [5, 5.41) is -0.433. The van der Waals surface area contributed by atoms with Crippen molar-refractivity contribution in [3.63, 3.8) is 0 Å². The monoisotopic (exact) mass is 174 g/mol. The van der Waals surface area contributed by atoms with Crippen LogP contribution in [0.2, 0.25) is 0 Å². The van der Waals surface area contributed by atoms with Crippen molar-refractivity contribution in [2.24, 2.45) is 0 Å². The Labute approximate surface area is 63.6 Å². The summed E-state index contributed by atoms with van der Waals surface area (Å²) in [5.74, 6) is 0. The van der Waals surface area contributed by atoms with Crippen molar-refractivity contribution in [3.05, 3.63) is 18.3 Å². The van der Waals surface area contributed by atoms with Crippen molar-refractivity contribution in [2.45, 2.75) is 5.03 Å². The molecule has 0 spiro atoms. The van der Waals surface area contributed by atoms with E-state index in [-0.39, 0.29) is 5.69 Å². The van der Waals surface area contributed by atoms with Gasteiger partial charge >= 0.3 is 10.1 Å². The summed E-state index contributed by atoms with van der Waals surface area (Å²) in [5.41, 5.74) is 5.48. The number of nitrogens with zero attached hydrogens (tertiary/aromatic N) is 1. The Kier molecular flexibility index (Phi) is 1.79. The normalized spacial score (nSPS) is 11.4. The fourth-order valence-electron chi connectivity index (χ4n) is 0.566. The molecule has 0 aliphatic carbocycles. The van der Waals surface area contributed by atoms with Crippen molar-refractivity contribution in [1.29, 1.82) is 0 Å². The molecule has 1 rings (SSSR count). The minimum atomic E-state index is -4.22. The van der Waals surface area contributed by atoms with E-state index in [0.717, 1.165) is 6.07 Å². The fourth-order valence-corrected chi connectivity index (χ4v) is 1.04. The number of pyridine rings is 1. The Bertz CT molecular complexity index is 360. The first kappa shape index (κ1) is 7.96. The third-order valence-electron chi connectivity index (χ3n) is 1.02. The van der Waals surface area contributed by atoms with Gasteiger partial charge in [-0.05, 0) is 6.07 Å². The smallest absolute Gasteiger partial charge is 0.312 e.